The predicted octanol–water partition coefficient (Wildman–Crippen LogP) is 9.34. The minimum atomic E-state index is -1.05. The van der Waals surface area contributed by atoms with Gasteiger partial charge in [0, 0.05) is 19.3 Å². The Morgan fingerprint density at radius 2 is 1.33 bits per heavy atom. The van der Waals surface area contributed by atoms with Crippen LogP contribution in [0.1, 0.15) is 83.8 Å². The van der Waals surface area contributed by atoms with E-state index in [0.717, 1.165) is 72.5 Å². The van der Waals surface area contributed by atoms with Gasteiger partial charge in [0.05, 0.1) is 30.2 Å². The van der Waals surface area contributed by atoms with Crippen molar-refractivity contribution < 1.29 is 43.2 Å². The lowest BCUT2D eigenvalue weighted by atomic mass is 9.66. The number of nitrogens with zero attached hydrogens (tertiary/aromatic N) is 1. The van der Waals surface area contributed by atoms with E-state index in [1.54, 1.807) is 19.0 Å². The van der Waals surface area contributed by atoms with E-state index in [1.165, 1.54) is 13.0 Å². The molecule has 3 saturated heterocycles. The molecule has 1 amide bonds. The summed E-state index contributed by atoms with van der Waals surface area (Å²) in [6, 6.07) is 37.1. The van der Waals surface area contributed by atoms with Gasteiger partial charge in [0.1, 0.15) is 6.19 Å². The van der Waals surface area contributed by atoms with Crippen molar-refractivity contribution in [1.29, 1.82) is 0 Å². The molecule has 3 aliphatic heterocycles. The van der Waals surface area contributed by atoms with Crippen LogP contribution in [0.5, 0.6) is 0 Å². The second-order valence-corrected chi connectivity index (χ2v) is 17.7. The van der Waals surface area contributed by atoms with Crippen LogP contribution in [0, 0.1) is 16.7 Å². The molecule has 12 heteroatoms. The molecule has 2 unspecified atom stereocenters. The fraction of sp³-hybridized carbons (Fsp3) is 0.462. The number of benzene rings is 4. The molecule has 3 aliphatic rings. The van der Waals surface area contributed by atoms with Gasteiger partial charge in [0.25, 0.3) is 0 Å². The molecule has 0 aliphatic carbocycles. The van der Waals surface area contributed by atoms with E-state index in [4.69, 9.17) is 18.9 Å². The summed E-state index contributed by atoms with van der Waals surface area (Å²) in [4.78, 5) is 49.1. The minimum Gasteiger partial charge on any atom is -0.481 e. The number of ether oxygens (including phenoxy) is 4. The molecule has 3 heterocycles. The Morgan fingerprint density at radius 3 is 1.83 bits per heavy atom. The van der Waals surface area contributed by atoms with Crippen LogP contribution in [0.25, 0.3) is 22.3 Å². The normalized spacial score (nSPS) is 22.1. The van der Waals surface area contributed by atoms with Gasteiger partial charge in [-0.05, 0) is 117 Å². The summed E-state index contributed by atoms with van der Waals surface area (Å²) >= 11 is 0. The van der Waals surface area contributed by atoms with Crippen molar-refractivity contribution in [2.75, 3.05) is 26.4 Å². The predicted molar refractivity (Wildman–Crippen MR) is 254 cm³/mol. The molecule has 0 spiro atoms. The van der Waals surface area contributed by atoms with Gasteiger partial charge in [-0.1, -0.05) is 123 Å². The summed E-state index contributed by atoms with van der Waals surface area (Å²) in [6.07, 6.45) is 9.77. The molecule has 1 N–H and O–H groups in total. The molecule has 3 fully saturated rings. The zero-order valence-corrected chi connectivity index (χ0v) is 36.8. The van der Waals surface area contributed by atoms with Crippen LogP contribution in [0.3, 0.4) is 0 Å². The SMILES string of the molecule is C.C[C@@](COC1CCCCO1)(C[C@H](C[B]C=O)Cc1ccc(-c2ccccc2)cc1)C(=O)O.C[C@@]1(COC2CCCCO2)C[C@@H](Cc2ccc(-c3ccccc3)cc2)N([B]C=O)C1=O. The molecule has 0 saturated carbocycles. The molecule has 0 bridgehead atoms. The Morgan fingerprint density at radius 1 is 0.797 bits per heavy atom. The Bertz CT molecular complexity index is 2030. The largest absolute Gasteiger partial charge is 0.481 e. The van der Waals surface area contributed by atoms with E-state index in [0.29, 0.717) is 58.0 Å². The fourth-order valence-corrected chi connectivity index (χ4v) is 8.83. The van der Waals surface area contributed by atoms with Gasteiger partial charge in [-0.3, -0.25) is 9.59 Å². The van der Waals surface area contributed by atoms with Crippen LogP contribution in [0.15, 0.2) is 109 Å². The zero-order chi connectivity index (χ0) is 44.5. The third kappa shape index (κ3) is 14.3. The van der Waals surface area contributed by atoms with Crippen molar-refractivity contribution >= 4 is 38.9 Å². The van der Waals surface area contributed by atoms with Gasteiger partial charge in [0.2, 0.25) is 5.91 Å². The van der Waals surface area contributed by atoms with Crippen molar-refractivity contribution in [2.24, 2.45) is 16.7 Å². The number of aliphatic carboxylic acids is 1. The monoisotopic (exact) mass is 869 g/mol. The number of rotatable bonds is 20. The third-order valence-electron chi connectivity index (χ3n) is 12.4. The molecule has 338 valence electrons. The highest BCUT2D eigenvalue weighted by Gasteiger charge is 2.48. The van der Waals surface area contributed by atoms with Crippen molar-refractivity contribution in [1.82, 2.24) is 4.81 Å². The van der Waals surface area contributed by atoms with Crippen LogP contribution < -0.4 is 0 Å². The van der Waals surface area contributed by atoms with E-state index in [2.05, 4.69) is 72.8 Å². The molecule has 4 aromatic rings. The lowest BCUT2D eigenvalue weighted by Gasteiger charge is -2.32. The van der Waals surface area contributed by atoms with Crippen molar-refractivity contribution in [3.05, 3.63) is 120 Å². The number of carboxylic acid groups (broad SMARTS) is 1. The lowest BCUT2D eigenvalue weighted by Crippen LogP contribution is -2.42. The molecular weight excluding hydrogens is 804 g/mol. The van der Waals surface area contributed by atoms with Crippen LogP contribution in [-0.2, 0) is 51.0 Å². The molecule has 6 atom stereocenters. The van der Waals surface area contributed by atoms with E-state index < -0.39 is 16.8 Å². The molecule has 4 aromatic carbocycles. The van der Waals surface area contributed by atoms with Gasteiger partial charge in [0.15, 0.2) is 19.9 Å². The third-order valence-corrected chi connectivity index (χ3v) is 12.4. The van der Waals surface area contributed by atoms with Gasteiger partial charge < -0.3 is 38.5 Å². The molecular formula is C52H65B2NO9. The molecule has 0 aromatic heterocycles. The number of carboxylic acids is 1. The van der Waals surface area contributed by atoms with E-state index in [-0.39, 0.29) is 44.5 Å². The molecule has 10 nitrogen and oxygen atoms in total. The average molecular weight is 870 g/mol. The number of carbonyl (C=O) groups excluding carboxylic acids is 3. The highest BCUT2D eigenvalue weighted by Crippen LogP contribution is 2.38. The van der Waals surface area contributed by atoms with Crippen LogP contribution >= 0.6 is 0 Å². The highest BCUT2D eigenvalue weighted by molar-refractivity contribution is 6.67. The topological polar surface area (TPSA) is 129 Å². The van der Waals surface area contributed by atoms with Gasteiger partial charge in [-0.25, -0.2) is 0 Å². The number of hydrogen-bond acceptors (Lipinski definition) is 8. The first-order chi connectivity index (χ1) is 30.6. The first-order valence-electron chi connectivity index (χ1n) is 22.5. The highest BCUT2D eigenvalue weighted by atomic mass is 16.7. The summed E-state index contributed by atoms with van der Waals surface area (Å²) in [5, 5.41) is 9.96. The Labute approximate surface area is 381 Å². The average Bonchev–Trinajstić information content (AvgIpc) is 3.55. The van der Waals surface area contributed by atoms with E-state index >= 15 is 0 Å². The van der Waals surface area contributed by atoms with Crippen molar-refractivity contribution in [2.45, 2.75) is 110 Å². The minimum absolute atomic E-state index is 0. The van der Waals surface area contributed by atoms with Crippen LogP contribution in [-0.4, -0.2) is 93.9 Å². The Kier molecular flexibility index (Phi) is 19.6. The quantitative estimate of drug-likeness (QED) is 0.0683. The maximum absolute atomic E-state index is 13.1. The van der Waals surface area contributed by atoms with E-state index in [1.807, 2.05) is 43.3 Å². The molecule has 64 heavy (non-hydrogen) atoms. The van der Waals surface area contributed by atoms with Crippen LogP contribution in [0.2, 0.25) is 6.32 Å². The lowest BCUT2D eigenvalue weighted by molar-refractivity contribution is -0.188. The van der Waals surface area contributed by atoms with Crippen molar-refractivity contribution in [3.63, 3.8) is 0 Å². The first kappa shape index (κ1) is 50.1. The van der Waals surface area contributed by atoms with Crippen LogP contribution in [0.4, 0.5) is 0 Å². The summed E-state index contributed by atoms with van der Waals surface area (Å²) in [7, 11) is 2.95. The second kappa shape index (κ2) is 25.0. The Hall–Kier alpha value is -4.87. The van der Waals surface area contributed by atoms with Gasteiger partial charge in [-0.2, -0.15) is 0 Å². The second-order valence-electron chi connectivity index (χ2n) is 17.7. The van der Waals surface area contributed by atoms with E-state index in [9.17, 15) is 24.3 Å². The van der Waals surface area contributed by atoms with Gasteiger partial charge >= 0.3 is 13.4 Å². The maximum Gasteiger partial charge on any atom is 0.331 e. The molecule has 2 radical (unpaired) electrons. The first-order valence-corrected chi connectivity index (χ1v) is 22.5. The summed E-state index contributed by atoms with van der Waals surface area (Å²) in [6.45, 7) is 5.43. The van der Waals surface area contributed by atoms with Gasteiger partial charge in [-0.15, -0.1) is 0 Å². The zero-order valence-electron chi connectivity index (χ0n) is 36.8. The molecule has 7 rings (SSSR count). The smallest absolute Gasteiger partial charge is 0.331 e. The Balaban J connectivity index is 0.000000237. The fourth-order valence-electron chi connectivity index (χ4n) is 8.83. The summed E-state index contributed by atoms with van der Waals surface area (Å²) < 4.78 is 23.1. The maximum atomic E-state index is 13.1. The summed E-state index contributed by atoms with van der Waals surface area (Å²) in [5.41, 5.74) is 5.19. The standard InChI is InChI=1S/C26H32BO5.C25H29BNO4.CH4/c1-26(25(29)30,18-32-24-9-5-6-14-31-24)16-21(17-27-19-28)15-20-10-12-23(13-11-20)22-7-3-2-4-8-22;1-25(17-31-23-9-5-6-14-30-23)16-22(27(24(25)29)26-18-28)15-19-10-12-21(13-11-19)20-7-3-2-4-8-20;/h2-4,7-8,10-13,19,21,24H,5-6,9,14-18H2,1H3,(H,29,30);2-4,7-8,10-13,18,22-23H,5-6,9,14-17H2,1H3;1H4/t21-,24?,26+;22-,23?,25+;/m11./s1. The van der Waals surface area contributed by atoms with Crippen molar-refractivity contribution in [3.8, 4) is 22.3 Å². The number of hydrogen-bond donors (Lipinski definition) is 1. The number of carbonyl (C=O) groups is 4. The number of amides is 1. The summed E-state index contributed by atoms with van der Waals surface area (Å²) in [5.74, 6) is -0.926.